The van der Waals surface area contributed by atoms with Crippen LogP contribution in [0, 0.1) is 10.1 Å². The van der Waals surface area contributed by atoms with Crippen molar-refractivity contribution in [2.75, 3.05) is 0 Å². The van der Waals surface area contributed by atoms with Gasteiger partial charge in [0.1, 0.15) is 5.75 Å². The number of hydrogen-bond donors (Lipinski definition) is 2. The van der Waals surface area contributed by atoms with Gasteiger partial charge in [0.25, 0.3) is 5.69 Å². The molecule has 6 nitrogen and oxygen atoms in total. The van der Waals surface area contributed by atoms with E-state index in [2.05, 4.69) is 0 Å². The third kappa shape index (κ3) is 1.87. The van der Waals surface area contributed by atoms with Gasteiger partial charge in [-0.3, -0.25) is 10.1 Å². The van der Waals surface area contributed by atoms with Gasteiger partial charge in [0.15, 0.2) is 0 Å². The summed E-state index contributed by atoms with van der Waals surface area (Å²) in [6.07, 6.45) is 0. The van der Waals surface area contributed by atoms with Crippen molar-refractivity contribution in [3.63, 3.8) is 0 Å². The quantitative estimate of drug-likeness (QED) is 0.611. The average molecular weight is 233 g/mol. The summed E-state index contributed by atoms with van der Waals surface area (Å²) in [5.74, 6) is -1.45. The van der Waals surface area contributed by atoms with Crippen molar-refractivity contribution >= 4 is 22.4 Å². The van der Waals surface area contributed by atoms with Crippen LogP contribution >= 0.6 is 0 Å². The van der Waals surface area contributed by atoms with Gasteiger partial charge in [-0.1, -0.05) is 0 Å². The molecule has 0 fully saturated rings. The van der Waals surface area contributed by atoms with Gasteiger partial charge in [-0.25, -0.2) is 4.79 Å². The molecule has 17 heavy (non-hydrogen) atoms. The highest BCUT2D eigenvalue weighted by Gasteiger charge is 2.12. The summed E-state index contributed by atoms with van der Waals surface area (Å²) in [7, 11) is 0. The number of hydrogen-bond acceptors (Lipinski definition) is 4. The Labute approximate surface area is 94.9 Å². The van der Waals surface area contributed by atoms with Gasteiger partial charge in [0.2, 0.25) is 0 Å². The molecule has 0 unspecified atom stereocenters. The Kier molecular flexibility index (Phi) is 2.40. The molecule has 2 N–H and O–H groups in total. The molecule has 0 atom stereocenters. The molecular formula is C11H7NO5. The Balaban J connectivity index is 2.72. The summed E-state index contributed by atoms with van der Waals surface area (Å²) in [4.78, 5) is 20.7. The summed E-state index contributed by atoms with van der Waals surface area (Å²) < 4.78 is 0. The fraction of sp³-hybridized carbons (Fsp3) is 0. The van der Waals surface area contributed by atoms with E-state index in [-0.39, 0.29) is 22.4 Å². The molecule has 0 amide bonds. The van der Waals surface area contributed by atoms with E-state index in [1.165, 1.54) is 24.3 Å². The lowest BCUT2D eigenvalue weighted by Gasteiger charge is -2.03. The van der Waals surface area contributed by atoms with Crippen molar-refractivity contribution in [2.45, 2.75) is 0 Å². The van der Waals surface area contributed by atoms with Crippen LogP contribution in [0.1, 0.15) is 10.4 Å². The van der Waals surface area contributed by atoms with Gasteiger partial charge in [0, 0.05) is 17.5 Å². The summed E-state index contributed by atoms with van der Waals surface area (Å²) in [6, 6.07) is 6.28. The number of fused-ring (bicyclic) bond motifs is 1. The highest BCUT2D eigenvalue weighted by molar-refractivity contribution is 5.98. The van der Waals surface area contributed by atoms with E-state index >= 15 is 0 Å². The minimum Gasteiger partial charge on any atom is -0.507 e. The first-order chi connectivity index (χ1) is 7.99. The second kappa shape index (κ2) is 3.75. The number of aromatic carboxylic acids is 1. The molecule has 0 radical (unpaired) electrons. The molecule has 2 rings (SSSR count). The Morgan fingerprint density at radius 3 is 2.53 bits per heavy atom. The standard InChI is InChI=1S/C11H7NO5/c13-10-4-7(11(14)15)3-6-1-2-8(12(16)17)5-9(6)10/h1-5,13H,(H,14,15). The van der Waals surface area contributed by atoms with Crippen molar-refractivity contribution in [2.24, 2.45) is 0 Å². The number of benzene rings is 2. The summed E-state index contributed by atoms with van der Waals surface area (Å²) in [5, 5.41) is 29.7. The van der Waals surface area contributed by atoms with E-state index in [0.29, 0.717) is 5.39 Å². The minimum absolute atomic E-state index is 0.0659. The van der Waals surface area contributed by atoms with E-state index in [4.69, 9.17) is 5.11 Å². The van der Waals surface area contributed by atoms with Crippen LogP contribution in [0.4, 0.5) is 5.69 Å². The maximum atomic E-state index is 10.8. The number of aromatic hydroxyl groups is 1. The van der Waals surface area contributed by atoms with Crippen LogP contribution in [0.5, 0.6) is 5.75 Å². The number of phenolic OH excluding ortho intramolecular Hbond substituents is 1. The molecule has 0 spiro atoms. The predicted octanol–water partition coefficient (Wildman–Crippen LogP) is 2.15. The van der Waals surface area contributed by atoms with Crippen molar-refractivity contribution in [3.05, 3.63) is 46.0 Å². The van der Waals surface area contributed by atoms with Crippen LogP contribution in [0.15, 0.2) is 30.3 Å². The SMILES string of the molecule is O=C(O)c1cc(O)c2cc([N+](=O)[O-])ccc2c1. The lowest BCUT2D eigenvalue weighted by atomic mass is 10.1. The third-order valence-electron chi connectivity index (χ3n) is 2.37. The third-order valence-corrected chi connectivity index (χ3v) is 2.37. The minimum atomic E-state index is -1.17. The molecule has 0 aliphatic rings. The number of nitro benzene ring substituents is 1. The van der Waals surface area contributed by atoms with Crippen molar-refractivity contribution in [1.82, 2.24) is 0 Å². The molecule has 86 valence electrons. The lowest BCUT2D eigenvalue weighted by Crippen LogP contribution is -1.96. The first-order valence-corrected chi connectivity index (χ1v) is 4.63. The van der Waals surface area contributed by atoms with Crippen molar-refractivity contribution in [3.8, 4) is 5.75 Å². The number of phenols is 1. The predicted molar refractivity (Wildman–Crippen MR) is 59.2 cm³/mol. The molecule has 0 aromatic heterocycles. The van der Waals surface area contributed by atoms with Gasteiger partial charge >= 0.3 is 5.97 Å². The molecule has 0 bridgehead atoms. The zero-order chi connectivity index (χ0) is 12.6. The van der Waals surface area contributed by atoms with E-state index in [9.17, 15) is 20.0 Å². The molecule has 0 aliphatic carbocycles. The summed E-state index contributed by atoms with van der Waals surface area (Å²) >= 11 is 0. The number of carboxylic acid groups (broad SMARTS) is 1. The highest BCUT2D eigenvalue weighted by atomic mass is 16.6. The van der Waals surface area contributed by atoms with Crippen LogP contribution in [0.25, 0.3) is 10.8 Å². The fourth-order valence-corrected chi connectivity index (χ4v) is 1.56. The zero-order valence-electron chi connectivity index (χ0n) is 8.45. The van der Waals surface area contributed by atoms with Crippen molar-refractivity contribution in [1.29, 1.82) is 0 Å². The first-order valence-electron chi connectivity index (χ1n) is 4.63. The van der Waals surface area contributed by atoms with Gasteiger partial charge in [0.05, 0.1) is 10.5 Å². The van der Waals surface area contributed by atoms with Crippen molar-refractivity contribution < 1.29 is 19.9 Å². The lowest BCUT2D eigenvalue weighted by molar-refractivity contribution is -0.384. The monoisotopic (exact) mass is 233 g/mol. The molecule has 2 aromatic carbocycles. The smallest absolute Gasteiger partial charge is 0.335 e. The first kappa shape index (κ1) is 10.9. The molecule has 0 heterocycles. The number of non-ortho nitro benzene ring substituents is 1. The van der Waals surface area contributed by atoms with Crippen LogP contribution < -0.4 is 0 Å². The molecule has 0 saturated heterocycles. The highest BCUT2D eigenvalue weighted by Crippen LogP contribution is 2.29. The van der Waals surface area contributed by atoms with Gasteiger partial charge in [-0.2, -0.15) is 0 Å². The van der Waals surface area contributed by atoms with E-state index in [1.54, 1.807) is 0 Å². The van der Waals surface area contributed by atoms with Crippen LogP contribution in [-0.2, 0) is 0 Å². The topological polar surface area (TPSA) is 101 Å². The Bertz CT molecular complexity index is 635. The number of carbonyl (C=O) groups is 1. The van der Waals surface area contributed by atoms with E-state index in [1.807, 2.05) is 0 Å². The van der Waals surface area contributed by atoms with Crippen LogP contribution in [-0.4, -0.2) is 21.1 Å². The van der Waals surface area contributed by atoms with E-state index < -0.39 is 10.9 Å². The number of nitro groups is 1. The molecular weight excluding hydrogens is 226 g/mol. The van der Waals surface area contributed by atoms with Crippen LogP contribution in [0.3, 0.4) is 0 Å². The zero-order valence-corrected chi connectivity index (χ0v) is 8.45. The summed E-state index contributed by atoms with van der Waals surface area (Å²) in [6.45, 7) is 0. The molecule has 0 aliphatic heterocycles. The Morgan fingerprint density at radius 2 is 1.94 bits per heavy atom. The fourth-order valence-electron chi connectivity index (χ4n) is 1.56. The van der Waals surface area contributed by atoms with Crippen LogP contribution in [0.2, 0.25) is 0 Å². The van der Waals surface area contributed by atoms with E-state index in [0.717, 1.165) is 6.07 Å². The average Bonchev–Trinajstić information content (AvgIpc) is 2.28. The number of carboxylic acids is 1. The summed E-state index contributed by atoms with van der Waals surface area (Å²) in [5.41, 5.74) is -0.222. The van der Waals surface area contributed by atoms with Gasteiger partial charge in [-0.15, -0.1) is 0 Å². The molecule has 0 saturated carbocycles. The molecule has 2 aromatic rings. The number of rotatable bonds is 2. The Hall–Kier alpha value is -2.63. The number of nitrogens with zero attached hydrogens (tertiary/aromatic N) is 1. The largest absolute Gasteiger partial charge is 0.507 e. The normalized spacial score (nSPS) is 10.4. The second-order valence-corrected chi connectivity index (χ2v) is 3.46. The van der Waals surface area contributed by atoms with Gasteiger partial charge in [-0.05, 0) is 23.6 Å². The maximum Gasteiger partial charge on any atom is 0.335 e. The van der Waals surface area contributed by atoms with Gasteiger partial charge < -0.3 is 10.2 Å². The molecule has 6 heteroatoms. The Morgan fingerprint density at radius 1 is 1.24 bits per heavy atom. The maximum absolute atomic E-state index is 10.8. The second-order valence-electron chi connectivity index (χ2n) is 3.46.